The number of piperidine rings is 1. The first-order valence-corrected chi connectivity index (χ1v) is 12.9. The number of rotatable bonds is 8. The summed E-state index contributed by atoms with van der Waals surface area (Å²) in [6.07, 6.45) is 3.84. The SMILES string of the molecule is C=CC(=O)N1CCC(C2CCN=C(C(C(N)=O)=C(N)c3cc(OC)c(-c4c(C)noc4C)c(OC)c3)N2)CC1. The van der Waals surface area contributed by atoms with Gasteiger partial charge in [0.15, 0.2) is 0 Å². The van der Waals surface area contributed by atoms with Crippen LogP contribution in [0.1, 0.15) is 36.3 Å². The molecule has 5 N–H and O–H groups in total. The largest absolute Gasteiger partial charge is 0.496 e. The summed E-state index contributed by atoms with van der Waals surface area (Å²) in [6.45, 7) is 9.08. The van der Waals surface area contributed by atoms with Gasteiger partial charge in [-0.1, -0.05) is 11.7 Å². The lowest BCUT2D eigenvalue weighted by atomic mass is 9.86. The van der Waals surface area contributed by atoms with E-state index in [1.54, 1.807) is 31.3 Å². The number of benzene rings is 1. The number of hydrogen-bond donors (Lipinski definition) is 3. The van der Waals surface area contributed by atoms with Crippen LogP contribution in [0.3, 0.4) is 0 Å². The fourth-order valence-corrected chi connectivity index (χ4v) is 5.44. The maximum atomic E-state index is 12.7. The van der Waals surface area contributed by atoms with E-state index < -0.39 is 5.91 Å². The Balaban J connectivity index is 1.67. The molecular formula is C28H36N6O5. The van der Waals surface area contributed by atoms with Crippen molar-refractivity contribution in [3.8, 4) is 22.6 Å². The number of methoxy groups -OCH3 is 2. The lowest BCUT2D eigenvalue weighted by Gasteiger charge is -2.38. The molecule has 11 heteroatoms. The number of aryl methyl sites for hydroxylation is 2. The van der Waals surface area contributed by atoms with Gasteiger partial charge in [0.2, 0.25) is 5.91 Å². The van der Waals surface area contributed by atoms with Crippen LogP contribution in [0.4, 0.5) is 0 Å². The topological polar surface area (TPSA) is 158 Å². The number of hydrogen-bond acceptors (Lipinski definition) is 9. The molecule has 0 radical (unpaired) electrons. The summed E-state index contributed by atoms with van der Waals surface area (Å²) >= 11 is 0. The Morgan fingerprint density at radius 1 is 1.10 bits per heavy atom. The van der Waals surface area contributed by atoms with E-state index in [4.69, 9.17) is 25.5 Å². The van der Waals surface area contributed by atoms with Gasteiger partial charge in [0.25, 0.3) is 5.91 Å². The normalized spacial score (nSPS) is 18.5. The molecule has 1 fully saturated rings. The zero-order chi connectivity index (χ0) is 28.3. The number of primary amides is 1. The molecule has 0 aliphatic carbocycles. The molecule has 1 atom stereocenters. The second kappa shape index (κ2) is 11.6. The van der Waals surface area contributed by atoms with E-state index in [1.807, 2.05) is 13.8 Å². The van der Waals surface area contributed by atoms with Gasteiger partial charge in [-0.15, -0.1) is 0 Å². The molecule has 1 aromatic carbocycles. The number of nitrogens with one attached hydrogen (secondary N) is 1. The van der Waals surface area contributed by atoms with Crippen LogP contribution in [0, 0.1) is 19.8 Å². The van der Waals surface area contributed by atoms with Crippen molar-refractivity contribution in [3.05, 3.63) is 47.4 Å². The van der Waals surface area contributed by atoms with Crippen molar-refractivity contribution in [2.45, 2.75) is 39.2 Å². The molecule has 4 rings (SSSR count). The molecule has 3 heterocycles. The molecular weight excluding hydrogens is 500 g/mol. The van der Waals surface area contributed by atoms with Gasteiger partial charge in [-0.05, 0) is 57.2 Å². The predicted octanol–water partition coefficient (Wildman–Crippen LogP) is 2.32. The Bertz CT molecular complexity index is 1290. The third-order valence-electron chi connectivity index (χ3n) is 7.48. The van der Waals surface area contributed by atoms with Gasteiger partial charge < -0.3 is 35.7 Å². The van der Waals surface area contributed by atoms with Crippen molar-refractivity contribution in [3.63, 3.8) is 0 Å². The van der Waals surface area contributed by atoms with E-state index in [0.29, 0.717) is 65.5 Å². The van der Waals surface area contributed by atoms with E-state index >= 15 is 0 Å². The average Bonchev–Trinajstić information content (AvgIpc) is 3.28. The first-order valence-electron chi connectivity index (χ1n) is 12.9. The van der Waals surface area contributed by atoms with Crippen LogP contribution in [0.2, 0.25) is 0 Å². The Kier molecular flexibility index (Phi) is 8.27. The molecule has 11 nitrogen and oxygen atoms in total. The molecule has 2 amide bonds. The Hall–Kier alpha value is -4.28. The number of nitrogens with zero attached hydrogens (tertiary/aromatic N) is 3. The van der Waals surface area contributed by atoms with Crippen LogP contribution in [0.5, 0.6) is 11.5 Å². The van der Waals surface area contributed by atoms with Gasteiger partial charge in [-0.2, -0.15) is 0 Å². The van der Waals surface area contributed by atoms with Gasteiger partial charge in [0, 0.05) is 31.2 Å². The summed E-state index contributed by atoms with van der Waals surface area (Å²) in [5.74, 6) is 1.50. The fraction of sp³-hybridized carbons (Fsp3) is 0.429. The zero-order valence-electron chi connectivity index (χ0n) is 22.9. The summed E-state index contributed by atoms with van der Waals surface area (Å²) in [7, 11) is 3.08. The highest BCUT2D eigenvalue weighted by Crippen LogP contribution is 2.43. The third-order valence-corrected chi connectivity index (χ3v) is 7.48. The van der Waals surface area contributed by atoms with E-state index in [-0.39, 0.29) is 23.2 Å². The lowest BCUT2D eigenvalue weighted by molar-refractivity contribution is -0.127. The molecule has 208 valence electrons. The number of aromatic nitrogens is 1. The number of carbonyl (C=O) groups excluding carboxylic acids is 2. The van der Waals surface area contributed by atoms with Crippen LogP contribution in [0.25, 0.3) is 16.8 Å². The van der Waals surface area contributed by atoms with Crippen molar-refractivity contribution < 1.29 is 23.6 Å². The molecule has 0 bridgehead atoms. The van der Waals surface area contributed by atoms with Crippen LogP contribution in [-0.4, -0.2) is 67.6 Å². The van der Waals surface area contributed by atoms with E-state index in [2.05, 4.69) is 22.0 Å². The van der Waals surface area contributed by atoms with Crippen LogP contribution in [0.15, 0.2) is 39.9 Å². The maximum absolute atomic E-state index is 12.7. The van der Waals surface area contributed by atoms with Gasteiger partial charge >= 0.3 is 0 Å². The van der Waals surface area contributed by atoms with Gasteiger partial charge in [0.1, 0.15) is 28.7 Å². The minimum Gasteiger partial charge on any atom is -0.496 e. The maximum Gasteiger partial charge on any atom is 0.254 e. The van der Waals surface area contributed by atoms with E-state index in [9.17, 15) is 9.59 Å². The molecule has 39 heavy (non-hydrogen) atoms. The molecule has 1 aromatic heterocycles. The fourth-order valence-electron chi connectivity index (χ4n) is 5.44. The number of ether oxygens (including phenoxy) is 2. The van der Waals surface area contributed by atoms with Gasteiger partial charge in [-0.3, -0.25) is 14.6 Å². The number of carbonyl (C=O) groups is 2. The molecule has 0 spiro atoms. The molecule has 2 aliphatic heterocycles. The van der Waals surface area contributed by atoms with Crippen molar-refractivity contribution in [1.82, 2.24) is 15.4 Å². The number of amides is 2. The van der Waals surface area contributed by atoms with Crippen molar-refractivity contribution in [2.75, 3.05) is 33.9 Å². The highest BCUT2D eigenvalue weighted by atomic mass is 16.5. The minimum absolute atomic E-state index is 0.0507. The lowest BCUT2D eigenvalue weighted by Crippen LogP contribution is -2.50. The van der Waals surface area contributed by atoms with Crippen LogP contribution >= 0.6 is 0 Å². The highest BCUT2D eigenvalue weighted by Gasteiger charge is 2.32. The van der Waals surface area contributed by atoms with Crippen molar-refractivity contribution in [1.29, 1.82) is 0 Å². The highest BCUT2D eigenvalue weighted by molar-refractivity contribution is 6.25. The summed E-state index contributed by atoms with van der Waals surface area (Å²) in [6, 6.07) is 3.54. The van der Waals surface area contributed by atoms with Crippen LogP contribution in [-0.2, 0) is 9.59 Å². The first kappa shape index (κ1) is 27.7. The molecule has 0 saturated carbocycles. The first-order chi connectivity index (χ1) is 18.7. The van der Waals surface area contributed by atoms with E-state index in [1.165, 1.54) is 6.08 Å². The predicted molar refractivity (Wildman–Crippen MR) is 148 cm³/mol. The molecule has 1 saturated heterocycles. The zero-order valence-corrected chi connectivity index (χ0v) is 22.9. The molecule has 2 aliphatic rings. The second-order valence-corrected chi connectivity index (χ2v) is 9.74. The molecule has 1 unspecified atom stereocenters. The average molecular weight is 537 g/mol. The summed E-state index contributed by atoms with van der Waals surface area (Å²) in [5, 5.41) is 7.47. The second-order valence-electron chi connectivity index (χ2n) is 9.74. The third kappa shape index (κ3) is 5.47. The number of aliphatic imine (C=N–C) groups is 1. The number of nitrogens with two attached hydrogens (primary N) is 2. The summed E-state index contributed by atoms with van der Waals surface area (Å²) < 4.78 is 16.8. The summed E-state index contributed by atoms with van der Waals surface area (Å²) in [5.41, 5.74) is 15.3. The molecule has 2 aromatic rings. The Morgan fingerprint density at radius 2 is 1.74 bits per heavy atom. The van der Waals surface area contributed by atoms with Crippen molar-refractivity contribution >= 4 is 23.3 Å². The quantitative estimate of drug-likeness (QED) is 0.434. The van der Waals surface area contributed by atoms with E-state index in [0.717, 1.165) is 24.8 Å². The van der Waals surface area contributed by atoms with Gasteiger partial charge in [0.05, 0.1) is 36.7 Å². The number of amidine groups is 1. The smallest absolute Gasteiger partial charge is 0.254 e. The Labute approximate surface area is 227 Å². The number of likely N-dealkylation sites (tertiary alicyclic amines) is 1. The Morgan fingerprint density at radius 3 is 2.26 bits per heavy atom. The summed E-state index contributed by atoms with van der Waals surface area (Å²) in [4.78, 5) is 31.1. The van der Waals surface area contributed by atoms with Gasteiger partial charge in [-0.25, -0.2) is 0 Å². The van der Waals surface area contributed by atoms with Crippen molar-refractivity contribution in [2.24, 2.45) is 22.4 Å². The monoisotopic (exact) mass is 536 g/mol. The standard InChI is InChI=1S/C28H36N6O5/c1-6-22(35)34-11-8-17(9-12-34)19-7-10-31-28(32-19)25(27(30)36)26(29)18-13-20(37-4)24(21(14-18)38-5)23-15(2)33-39-16(23)3/h6,13-14,17,19H,1,7-12,29H2,2-5H3,(H2,30,36)(H,31,32). The minimum atomic E-state index is -0.696. The van der Waals surface area contributed by atoms with Crippen LogP contribution < -0.4 is 26.3 Å².